The van der Waals surface area contributed by atoms with Crippen LogP contribution in [0.3, 0.4) is 0 Å². The monoisotopic (exact) mass is 421 g/mol. The number of aryl methyl sites for hydroxylation is 1. The molecule has 31 heavy (non-hydrogen) atoms. The van der Waals surface area contributed by atoms with Gasteiger partial charge >= 0.3 is 6.01 Å². The number of piperidine rings is 1. The Morgan fingerprint density at radius 3 is 2.68 bits per heavy atom. The van der Waals surface area contributed by atoms with Crippen molar-refractivity contribution in [2.24, 2.45) is 5.41 Å². The smallest absolute Gasteiger partial charge is 0.322 e. The fraction of sp³-hybridized carbons (Fsp3) is 0.364. The quantitative estimate of drug-likeness (QED) is 0.663. The van der Waals surface area contributed by atoms with Crippen LogP contribution >= 0.6 is 0 Å². The Balaban J connectivity index is 1.42. The molecule has 0 atom stereocenters. The Kier molecular flexibility index (Phi) is 4.90. The number of hydrogen-bond acceptors (Lipinski definition) is 8. The number of ether oxygens (including phenoxy) is 1. The second-order valence-electron chi connectivity index (χ2n) is 8.29. The molecule has 0 unspecified atom stereocenters. The second-order valence-corrected chi connectivity index (χ2v) is 8.29. The van der Waals surface area contributed by atoms with Crippen LogP contribution in [0.2, 0.25) is 0 Å². The average molecular weight is 421 g/mol. The van der Waals surface area contributed by atoms with E-state index in [2.05, 4.69) is 30.2 Å². The number of nitrogens with two attached hydrogens (primary N) is 1. The largest absolute Gasteiger partial charge is 0.421 e. The molecule has 4 heterocycles. The van der Waals surface area contributed by atoms with E-state index < -0.39 is 5.82 Å². The molecule has 2 aromatic heterocycles. The van der Waals surface area contributed by atoms with Gasteiger partial charge in [-0.2, -0.15) is 0 Å². The normalized spacial score (nSPS) is 17.4. The van der Waals surface area contributed by atoms with Crippen LogP contribution in [0.25, 0.3) is 11.1 Å². The van der Waals surface area contributed by atoms with Gasteiger partial charge in [0.2, 0.25) is 0 Å². The lowest BCUT2D eigenvalue weighted by Gasteiger charge is -2.53. The number of nitrogens with one attached hydrogen (secondary N) is 1. The third-order valence-corrected chi connectivity index (χ3v) is 6.07. The van der Waals surface area contributed by atoms with E-state index in [4.69, 9.17) is 10.5 Å². The van der Waals surface area contributed by atoms with Gasteiger partial charge in [0.25, 0.3) is 0 Å². The highest BCUT2D eigenvalue weighted by Crippen LogP contribution is 2.44. The van der Waals surface area contributed by atoms with Gasteiger partial charge < -0.3 is 20.7 Å². The van der Waals surface area contributed by atoms with Gasteiger partial charge in [-0.3, -0.25) is 0 Å². The Labute approximate surface area is 179 Å². The van der Waals surface area contributed by atoms with Crippen molar-refractivity contribution in [3.63, 3.8) is 0 Å². The number of halogens is 1. The summed E-state index contributed by atoms with van der Waals surface area (Å²) in [6, 6.07) is 6.55. The minimum atomic E-state index is -0.532. The maximum Gasteiger partial charge on any atom is 0.322 e. The molecule has 2 saturated heterocycles. The number of rotatable bonds is 4. The summed E-state index contributed by atoms with van der Waals surface area (Å²) in [6.07, 6.45) is 5.34. The lowest BCUT2D eigenvalue weighted by molar-refractivity contribution is 0.149. The van der Waals surface area contributed by atoms with E-state index in [1.165, 1.54) is 12.4 Å². The van der Waals surface area contributed by atoms with Gasteiger partial charge in [0.05, 0.1) is 5.56 Å². The molecule has 0 radical (unpaired) electrons. The van der Waals surface area contributed by atoms with Gasteiger partial charge in [-0.25, -0.2) is 24.3 Å². The third kappa shape index (κ3) is 3.76. The first-order valence-electron chi connectivity index (χ1n) is 10.4. The van der Waals surface area contributed by atoms with Gasteiger partial charge in [-0.15, -0.1) is 0 Å². The molecule has 1 spiro atoms. The lowest BCUT2D eigenvalue weighted by atomic mass is 9.72. The molecule has 2 aliphatic rings. The van der Waals surface area contributed by atoms with E-state index in [9.17, 15) is 4.39 Å². The Morgan fingerprint density at radius 1 is 1.13 bits per heavy atom. The molecule has 1 aromatic carbocycles. The van der Waals surface area contributed by atoms with Gasteiger partial charge in [0.1, 0.15) is 18.0 Å². The first kappa shape index (κ1) is 19.6. The Hall–Kier alpha value is -3.33. The van der Waals surface area contributed by atoms with Crippen molar-refractivity contribution >= 4 is 11.6 Å². The first-order valence-corrected chi connectivity index (χ1v) is 10.4. The van der Waals surface area contributed by atoms with Crippen LogP contribution < -0.4 is 20.7 Å². The van der Waals surface area contributed by atoms with Crippen LogP contribution in [0.15, 0.2) is 36.8 Å². The average Bonchev–Trinajstić information content (AvgIpc) is 2.74. The molecule has 0 amide bonds. The fourth-order valence-electron chi connectivity index (χ4n) is 4.41. The zero-order chi connectivity index (χ0) is 21.4. The summed E-state index contributed by atoms with van der Waals surface area (Å²) in [5.41, 5.74) is 8.53. The number of anilines is 2. The molecular weight excluding hydrogens is 397 g/mol. The molecule has 8 nitrogen and oxygen atoms in total. The number of nitrogens with zero attached hydrogens (tertiary/aromatic N) is 5. The van der Waals surface area contributed by atoms with Crippen LogP contribution in [0.1, 0.15) is 18.5 Å². The van der Waals surface area contributed by atoms with E-state index in [0.717, 1.165) is 50.5 Å². The maximum absolute atomic E-state index is 14.9. The standard InChI is InChI=1S/C22H24FN7O/c1-14-4-7-26-21(29-14)31-17-3-2-15(10-16(17)23)18-19(24)27-13-28-20(18)30-11-22(12-30)5-8-25-9-6-22/h2-4,7,10,13,25H,5-6,8-9,11-12H2,1H3,(H2,24,27,28). The summed E-state index contributed by atoms with van der Waals surface area (Å²) >= 11 is 0. The first-order chi connectivity index (χ1) is 15.0. The topological polar surface area (TPSA) is 102 Å². The maximum atomic E-state index is 14.9. The van der Waals surface area contributed by atoms with Crippen molar-refractivity contribution in [1.29, 1.82) is 0 Å². The van der Waals surface area contributed by atoms with Crippen molar-refractivity contribution in [1.82, 2.24) is 25.3 Å². The van der Waals surface area contributed by atoms with E-state index in [1.807, 2.05) is 6.92 Å². The predicted molar refractivity (Wildman–Crippen MR) is 115 cm³/mol. The second kappa shape index (κ2) is 7.73. The fourth-order valence-corrected chi connectivity index (χ4v) is 4.41. The number of aromatic nitrogens is 4. The summed E-state index contributed by atoms with van der Waals surface area (Å²) in [5.74, 6) is 0.581. The zero-order valence-electron chi connectivity index (χ0n) is 17.3. The highest BCUT2D eigenvalue weighted by atomic mass is 19.1. The van der Waals surface area contributed by atoms with E-state index >= 15 is 0 Å². The van der Waals surface area contributed by atoms with Crippen molar-refractivity contribution in [2.45, 2.75) is 19.8 Å². The molecule has 160 valence electrons. The Morgan fingerprint density at radius 2 is 1.94 bits per heavy atom. The van der Waals surface area contributed by atoms with Gasteiger partial charge in [-0.05, 0) is 56.6 Å². The zero-order valence-corrected chi connectivity index (χ0v) is 17.3. The molecule has 2 fully saturated rings. The van der Waals surface area contributed by atoms with Crippen molar-refractivity contribution in [3.8, 4) is 22.9 Å². The molecule has 5 rings (SSSR count). The van der Waals surface area contributed by atoms with E-state index in [1.54, 1.807) is 24.4 Å². The minimum Gasteiger partial charge on any atom is -0.421 e. The molecular formula is C22H24FN7O. The van der Waals surface area contributed by atoms with Gasteiger partial charge in [0.15, 0.2) is 11.6 Å². The van der Waals surface area contributed by atoms with Gasteiger partial charge in [-0.1, -0.05) is 6.07 Å². The molecule has 3 aromatic rings. The van der Waals surface area contributed by atoms with Crippen molar-refractivity contribution in [3.05, 3.63) is 48.3 Å². The summed E-state index contributed by atoms with van der Waals surface area (Å²) in [4.78, 5) is 19.0. The molecule has 0 saturated carbocycles. The third-order valence-electron chi connectivity index (χ3n) is 6.07. The molecule has 3 N–H and O–H groups in total. The van der Waals surface area contributed by atoms with Crippen LogP contribution in [0.4, 0.5) is 16.0 Å². The summed E-state index contributed by atoms with van der Waals surface area (Å²) < 4.78 is 20.4. The highest BCUT2D eigenvalue weighted by molar-refractivity contribution is 5.84. The van der Waals surface area contributed by atoms with Crippen molar-refractivity contribution in [2.75, 3.05) is 36.8 Å². The van der Waals surface area contributed by atoms with E-state index in [0.29, 0.717) is 22.4 Å². The van der Waals surface area contributed by atoms with Crippen LogP contribution in [0.5, 0.6) is 11.8 Å². The number of hydrogen-bond donors (Lipinski definition) is 2. The van der Waals surface area contributed by atoms with E-state index in [-0.39, 0.29) is 11.8 Å². The van der Waals surface area contributed by atoms with Crippen LogP contribution in [0, 0.1) is 18.2 Å². The highest BCUT2D eigenvalue weighted by Gasteiger charge is 2.44. The SMILES string of the molecule is Cc1ccnc(Oc2ccc(-c3c(N)ncnc3N3CC4(CCNCC4)C3)cc2F)n1. The molecule has 0 aliphatic carbocycles. The summed E-state index contributed by atoms with van der Waals surface area (Å²) in [6.45, 7) is 5.75. The molecule has 0 bridgehead atoms. The van der Waals surface area contributed by atoms with Crippen LogP contribution in [-0.2, 0) is 0 Å². The van der Waals surface area contributed by atoms with Crippen LogP contribution in [-0.4, -0.2) is 46.1 Å². The summed E-state index contributed by atoms with van der Waals surface area (Å²) in [7, 11) is 0. The lowest BCUT2D eigenvalue weighted by Crippen LogP contribution is -2.60. The molecule has 9 heteroatoms. The molecule has 2 aliphatic heterocycles. The predicted octanol–water partition coefficient (Wildman–Crippen LogP) is 2.95. The Bertz CT molecular complexity index is 1110. The number of benzene rings is 1. The van der Waals surface area contributed by atoms with Gasteiger partial charge in [0, 0.05) is 30.4 Å². The number of nitrogen functional groups attached to an aromatic ring is 1. The minimum absolute atomic E-state index is 0.0453. The summed E-state index contributed by atoms with van der Waals surface area (Å²) in [5, 5.41) is 3.41. The van der Waals surface area contributed by atoms with Crippen molar-refractivity contribution < 1.29 is 9.13 Å².